The average molecular weight is 290 g/mol. The van der Waals surface area contributed by atoms with E-state index in [0.717, 1.165) is 18.8 Å². The lowest BCUT2D eigenvalue weighted by molar-refractivity contribution is -0.141. The lowest BCUT2D eigenvalue weighted by atomic mass is 10.1. The summed E-state index contributed by atoms with van der Waals surface area (Å²) in [6, 6.07) is 7.55. The predicted octanol–water partition coefficient (Wildman–Crippen LogP) is 2.08. The van der Waals surface area contributed by atoms with Gasteiger partial charge in [-0.3, -0.25) is 9.59 Å². The third kappa shape index (κ3) is 3.35. The molecule has 0 bridgehead atoms. The molecule has 1 atom stereocenters. The fourth-order valence-electron chi connectivity index (χ4n) is 2.73. The van der Waals surface area contributed by atoms with Crippen LogP contribution < -0.4 is 4.90 Å². The van der Waals surface area contributed by atoms with Crippen LogP contribution in [0.25, 0.3) is 0 Å². The molecule has 1 saturated heterocycles. The van der Waals surface area contributed by atoms with Crippen LogP contribution in [0.1, 0.15) is 30.6 Å². The fraction of sp³-hybridized carbons (Fsp3) is 0.500. The Kier molecular flexibility index (Phi) is 4.83. The van der Waals surface area contributed by atoms with E-state index in [4.69, 9.17) is 5.11 Å². The van der Waals surface area contributed by atoms with Gasteiger partial charge in [-0.15, -0.1) is 0 Å². The SMILES string of the molecule is CCN(CC)c1ccc(C(=O)N2CCC(C(=O)O)C2)cc1. The minimum atomic E-state index is -0.817. The number of amides is 1. The quantitative estimate of drug-likeness (QED) is 0.902. The molecule has 0 saturated carbocycles. The zero-order chi connectivity index (χ0) is 15.4. The van der Waals surface area contributed by atoms with Gasteiger partial charge in [0.05, 0.1) is 5.92 Å². The molecule has 2 rings (SSSR count). The van der Waals surface area contributed by atoms with Crippen molar-refractivity contribution < 1.29 is 14.7 Å². The third-order valence-electron chi connectivity index (χ3n) is 4.07. The third-order valence-corrected chi connectivity index (χ3v) is 4.07. The number of carboxylic acid groups (broad SMARTS) is 1. The molecule has 1 aromatic rings. The Balaban J connectivity index is 2.05. The molecule has 0 radical (unpaired) electrons. The number of likely N-dealkylation sites (tertiary alicyclic amines) is 1. The first-order valence-electron chi connectivity index (χ1n) is 7.43. The Morgan fingerprint density at radius 1 is 1.24 bits per heavy atom. The molecule has 1 aliphatic heterocycles. The van der Waals surface area contributed by atoms with Crippen LogP contribution >= 0.6 is 0 Å². The number of carboxylic acids is 1. The van der Waals surface area contributed by atoms with Crippen LogP contribution in [-0.2, 0) is 4.79 Å². The fourth-order valence-corrected chi connectivity index (χ4v) is 2.73. The van der Waals surface area contributed by atoms with Crippen LogP contribution in [-0.4, -0.2) is 48.1 Å². The van der Waals surface area contributed by atoms with E-state index in [9.17, 15) is 9.59 Å². The van der Waals surface area contributed by atoms with Crippen LogP contribution in [0, 0.1) is 5.92 Å². The summed E-state index contributed by atoms with van der Waals surface area (Å²) in [5.74, 6) is -1.32. The first-order valence-corrected chi connectivity index (χ1v) is 7.43. The van der Waals surface area contributed by atoms with Gasteiger partial charge >= 0.3 is 5.97 Å². The first-order chi connectivity index (χ1) is 10.1. The lowest BCUT2D eigenvalue weighted by Crippen LogP contribution is -2.30. The van der Waals surface area contributed by atoms with Crippen molar-refractivity contribution >= 4 is 17.6 Å². The average Bonchev–Trinajstić information content (AvgIpc) is 2.98. The number of hydrogen-bond donors (Lipinski definition) is 1. The minimum absolute atomic E-state index is 0.0788. The lowest BCUT2D eigenvalue weighted by Gasteiger charge is -2.21. The van der Waals surface area contributed by atoms with Crippen LogP contribution in [0.3, 0.4) is 0 Å². The molecule has 5 heteroatoms. The normalized spacial score (nSPS) is 17.8. The van der Waals surface area contributed by atoms with Crippen molar-refractivity contribution in [3.05, 3.63) is 29.8 Å². The summed E-state index contributed by atoms with van der Waals surface area (Å²) in [6.07, 6.45) is 0.540. The number of nitrogens with zero attached hydrogens (tertiary/aromatic N) is 2. The first kappa shape index (κ1) is 15.4. The summed E-state index contributed by atoms with van der Waals surface area (Å²) in [6.45, 7) is 6.88. The van der Waals surface area contributed by atoms with E-state index in [2.05, 4.69) is 18.7 Å². The van der Waals surface area contributed by atoms with E-state index >= 15 is 0 Å². The van der Waals surface area contributed by atoms with Gasteiger partial charge in [0.25, 0.3) is 5.91 Å². The Labute approximate surface area is 125 Å². The van der Waals surface area contributed by atoms with Crippen molar-refractivity contribution in [3.8, 4) is 0 Å². The highest BCUT2D eigenvalue weighted by Crippen LogP contribution is 2.21. The molecule has 114 valence electrons. The van der Waals surface area contributed by atoms with Crippen LogP contribution in [0.2, 0.25) is 0 Å². The van der Waals surface area contributed by atoms with Crippen molar-refractivity contribution in [2.24, 2.45) is 5.92 Å². The maximum Gasteiger partial charge on any atom is 0.308 e. The zero-order valence-electron chi connectivity index (χ0n) is 12.6. The van der Waals surface area contributed by atoms with Gasteiger partial charge in [-0.25, -0.2) is 0 Å². The number of anilines is 1. The highest BCUT2D eigenvalue weighted by Gasteiger charge is 2.31. The summed E-state index contributed by atoms with van der Waals surface area (Å²) < 4.78 is 0. The maximum absolute atomic E-state index is 12.4. The predicted molar refractivity (Wildman–Crippen MR) is 81.6 cm³/mol. The molecular formula is C16H22N2O3. The van der Waals surface area contributed by atoms with Gasteiger partial charge in [-0.05, 0) is 44.5 Å². The highest BCUT2D eigenvalue weighted by atomic mass is 16.4. The number of carbonyl (C=O) groups is 2. The second kappa shape index (κ2) is 6.61. The van der Waals surface area contributed by atoms with Crippen molar-refractivity contribution in [1.29, 1.82) is 0 Å². The second-order valence-electron chi connectivity index (χ2n) is 5.29. The van der Waals surface area contributed by atoms with Crippen LogP contribution in [0.5, 0.6) is 0 Å². The molecule has 5 nitrogen and oxygen atoms in total. The van der Waals surface area contributed by atoms with E-state index < -0.39 is 11.9 Å². The molecule has 1 amide bonds. The van der Waals surface area contributed by atoms with Gasteiger partial charge in [0.15, 0.2) is 0 Å². The van der Waals surface area contributed by atoms with E-state index in [1.807, 2.05) is 24.3 Å². The smallest absolute Gasteiger partial charge is 0.308 e. The summed E-state index contributed by atoms with van der Waals surface area (Å²) in [4.78, 5) is 27.1. The maximum atomic E-state index is 12.4. The Bertz CT molecular complexity index is 509. The van der Waals surface area contributed by atoms with Gasteiger partial charge in [-0.2, -0.15) is 0 Å². The molecule has 21 heavy (non-hydrogen) atoms. The summed E-state index contributed by atoms with van der Waals surface area (Å²) in [5, 5.41) is 8.99. The summed E-state index contributed by atoms with van der Waals surface area (Å²) in [5.41, 5.74) is 1.72. The van der Waals surface area contributed by atoms with E-state index in [0.29, 0.717) is 25.1 Å². The molecule has 1 aromatic carbocycles. The molecule has 0 aromatic heterocycles. The van der Waals surface area contributed by atoms with Gasteiger partial charge in [0.1, 0.15) is 0 Å². The molecule has 0 spiro atoms. The number of aliphatic carboxylic acids is 1. The minimum Gasteiger partial charge on any atom is -0.481 e. The largest absolute Gasteiger partial charge is 0.481 e. The van der Waals surface area contributed by atoms with E-state index in [1.54, 1.807) is 4.90 Å². The number of benzene rings is 1. The van der Waals surface area contributed by atoms with Gasteiger partial charge in [0.2, 0.25) is 0 Å². The monoisotopic (exact) mass is 290 g/mol. The van der Waals surface area contributed by atoms with E-state index in [1.165, 1.54) is 0 Å². The molecule has 0 aliphatic carbocycles. The van der Waals surface area contributed by atoms with Crippen molar-refractivity contribution in [3.63, 3.8) is 0 Å². The van der Waals surface area contributed by atoms with Gasteiger partial charge < -0.3 is 14.9 Å². The Morgan fingerprint density at radius 2 is 1.86 bits per heavy atom. The number of hydrogen-bond acceptors (Lipinski definition) is 3. The number of carbonyl (C=O) groups excluding carboxylic acids is 1. The van der Waals surface area contributed by atoms with Crippen molar-refractivity contribution in [1.82, 2.24) is 4.90 Å². The molecule has 1 aliphatic rings. The standard InChI is InChI=1S/C16H22N2O3/c1-3-17(4-2)14-7-5-12(6-8-14)15(19)18-10-9-13(11-18)16(20)21/h5-8,13H,3-4,9-11H2,1-2H3,(H,20,21). The van der Waals surface area contributed by atoms with E-state index in [-0.39, 0.29) is 5.91 Å². The molecule has 1 heterocycles. The second-order valence-corrected chi connectivity index (χ2v) is 5.29. The van der Waals surface area contributed by atoms with Crippen molar-refractivity contribution in [2.75, 3.05) is 31.1 Å². The summed E-state index contributed by atoms with van der Waals surface area (Å²) in [7, 11) is 0. The molecule has 1 fully saturated rings. The molecule has 1 unspecified atom stereocenters. The van der Waals surface area contributed by atoms with Gasteiger partial charge in [0, 0.05) is 37.4 Å². The Morgan fingerprint density at radius 3 is 2.33 bits per heavy atom. The number of rotatable bonds is 5. The molecule has 1 N–H and O–H groups in total. The molecular weight excluding hydrogens is 268 g/mol. The van der Waals surface area contributed by atoms with Crippen LogP contribution in [0.4, 0.5) is 5.69 Å². The van der Waals surface area contributed by atoms with Crippen LogP contribution in [0.15, 0.2) is 24.3 Å². The van der Waals surface area contributed by atoms with Gasteiger partial charge in [-0.1, -0.05) is 0 Å². The zero-order valence-corrected chi connectivity index (χ0v) is 12.6. The summed E-state index contributed by atoms with van der Waals surface area (Å²) >= 11 is 0. The highest BCUT2D eigenvalue weighted by molar-refractivity contribution is 5.95. The Hall–Kier alpha value is -2.04. The topological polar surface area (TPSA) is 60.9 Å². The van der Waals surface area contributed by atoms with Crippen molar-refractivity contribution in [2.45, 2.75) is 20.3 Å².